The molecule has 1 aliphatic carbocycles. The Balaban J connectivity index is 1.73. The van der Waals surface area contributed by atoms with Crippen LogP contribution in [0.3, 0.4) is 0 Å². The predicted octanol–water partition coefficient (Wildman–Crippen LogP) is 3.78. The molecule has 0 bridgehead atoms. The van der Waals surface area contributed by atoms with Gasteiger partial charge >= 0.3 is 0 Å². The molecule has 2 amide bonds. The zero-order chi connectivity index (χ0) is 22.6. The van der Waals surface area contributed by atoms with Gasteiger partial charge in [-0.25, -0.2) is 8.42 Å². The fraction of sp³-hybridized carbons (Fsp3) is 0.429. The van der Waals surface area contributed by atoms with Crippen LogP contribution in [0.15, 0.2) is 29.2 Å². The number of benzene rings is 1. The van der Waals surface area contributed by atoms with E-state index in [2.05, 4.69) is 10.9 Å². The van der Waals surface area contributed by atoms with Crippen LogP contribution in [0.5, 0.6) is 0 Å². The summed E-state index contributed by atoms with van der Waals surface area (Å²) in [5.41, 5.74) is 5.92. The molecular formula is C21H26ClN3O4S2. The number of carbonyl (C=O) groups excluding carboxylic acids is 2. The molecule has 1 aliphatic rings. The summed E-state index contributed by atoms with van der Waals surface area (Å²) in [4.78, 5) is 26.9. The first kappa shape index (κ1) is 23.7. The molecule has 1 aromatic heterocycles. The second-order valence-electron chi connectivity index (χ2n) is 7.26. The highest BCUT2D eigenvalue weighted by molar-refractivity contribution is 7.89. The number of halogens is 1. The van der Waals surface area contributed by atoms with Crippen LogP contribution in [0.25, 0.3) is 0 Å². The summed E-state index contributed by atoms with van der Waals surface area (Å²) < 4.78 is 26.8. The van der Waals surface area contributed by atoms with E-state index in [0.717, 1.165) is 25.7 Å². The quantitative estimate of drug-likeness (QED) is 0.482. The summed E-state index contributed by atoms with van der Waals surface area (Å²) in [6.45, 7) is 4.10. The number of nitrogens with zero attached hydrogens (tertiary/aromatic N) is 1. The fourth-order valence-electron chi connectivity index (χ4n) is 3.57. The summed E-state index contributed by atoms with van der Waals surface area (Å²) >= 11 is 7.57. The lowest BCUT2D eigenvalue weighted by atomic mass is 10.1. The van der Waals surface area contributed by atoms with E-state index in [-0.39, 0.29) is 15.5 Å². The monoisotopic (exact) mass is 483 g/mol. The van der Waals surface area contributed by atoms with E-state index in [1.54, 1.807) is 13.8 Å². The van der Waals surface area contributed by atoms with Crippen molar-refractivity contribution in [3.63, 3.8) is 0 Å². The molecule has 3 rings (SSSR count). The number of hydrogen-bond donors (Lipinski definition) is 2. The number of hydrogen-bond acceptors (Lipinski definition) is 5. The van der Waals surface area contributed by atoms with Crippen LogP contribution in [0, 0.1) is 0 Å². The number of thiophene rings is 1. The number of aryl methyl sites for hydroxylation is 2. The molecule has 0 saturated heterocycles. The maximum Gasteiger partial charge on any atom is 0.279 e. The van der Waals surface area contributed by atoms with Crippen molar-refractivity contribution in [2.24, 2.45) is 0 Å². The smallest absolute Gasteiger partial charge is 0.267 e. The zero-order valence-electron chi connectivity index (χ0n) is 17.5. The third-order valence-corrected chi connectivity index (χ3v) is 8.90. The van der Waals surface area contributed by atoms with Crippen molar-refractivity contribution in [3.8, 4) is 0 Å². The molecule has 2 aromatic rings. The molecule has 0 fully saturated rings. The van der Waals surface area contributed by atoms with Gasteiger partial charge in [-0.2, -0.15) is 4.31 Å². The lowest BCUT2D eigenvalue weighted by molar-refractivity contribution is 0.0849. The number of rotatable bonds is 6. The molecule has 0 unspecified atom stereocenters. The van der Waals surface area contributed by atoms with E-state index >= 15 is 0 Å². The van der Waals surface area contributed by atoms with E-state index in [1.807, 2.05) is 6.07 Å². The van der Waals surface area contributed by atoms with Gasteiger partial charge in [-0.05, 0) is 55.5 Å². The lowest BCUT2D eigenvalue weighted by Gasteiger charge is -2.19. The van der Waals surface area contributed by atoms with Gasteiger partial charge in [-0.1, -0.05) is 31.9 Å². The summed E-state index contributed by atoms with van der Waals surface area (Å²) in [6, 6.07) is 5.84. The average Bonchev–Trinajstić information content (AvgIpc) is 3.03. The highest BCUT2D eigenvalue weighted by atomic mass is 35.5. The molecule has 7 nitrogen and oxygen atoms in total. The Labute approximate surface area is 191 Å². The van der Waals surface area contributed by atoms with Crippen LogP contribution in [0.1, 0.15) is 63.6 Å². The van der Waals surface area contributed by atoms with Crippen LogP contribution in [-0.4, -0.2) is 37.6 Å². The van der Waals surface area contributed by atoms with Crippen LogP contribution < -0.4 is 10.9 Å². The molecule has 0 aliphatic heterocycles. The molecule has 0 saturated carbocycles. The number of fused-ring (bicyclic) bond motifs is 1. The van der Waals surface area contributed by atoms with Crippen molar-refractivity contribution >= 4 is 44.8 Å². The van der Waals surface area contributed by atoms with Crippen LogP contribution in [0.2, 0.25) is 5.02 Å². The minimum atomic E-state index is -3.74. The Morgan fingerprint density at radius 2 is 1.71 bits per heavy atom. The van der Waals surface area contributed by atoms with Gasteiger partial charge in [-0.15, -0.1) is 11.3 Å². The minimum absolute atomic E-state index is 0.0286. The maximum atomic E-state index is 12.7. The van der Waals surface area contributed by atoms with Crippen molar-refractivity contribution in [2.75, 3.05) is 13.1 Å². The summed E-state index contributed by atoms with van der Waals surface area (Å²) in [5.74, 6) is -1.09. The molecule has 1 aromatic carbocycles. The Morgan fingerprint density at radius 3 is 2.42 bits per heavy atom. The van der Waals surface area contributed by atoms with Gasteiger partial charge in [0.15, 0.2) is 0 Å². The Kier molecular flexibility index (Phi) is 7.74. The average molecular weight is 484 g/mol. The molecule has 168 valence electrons. The van der Waals surface area contributed by atoms with Crippen molar-refractivity contribution in [3.05, 3.63) is 50.2 Å². The molecule has 31 heavy (non-hydrogen) atoms. The summed E-state index contributed by atoms with van der Waals surface area (Å²) in [6.07, 6.45) is 5.38. The van der Waals surface area contributed by atoms with E-state index in [9.17, 15) is 18.0 Å². The normalized spacial score (nSPS) is 14.1. The number of sulfonamides is 1. The summed E-state index contributed by atoms with van der Waals surface area (Å²) in [5, 5.41) is 0.0908. The number of amides is 2. The van der Waals surface area contributed by atoms with E-state index < -0.39 is 21.8 Å². The van der Waals surface area contributed by atoms with Gasteiger partial charge in [0.2, 0.25) is 10.0 Å². The highest BCUT2D eigenvalue weighted by Gasteiger charge is 2.24. The third kappa shape index (κ3) is 5.28. The Morgan fingerprint density at radius 1 is 1.03 bits per heavy atom. The van der Waals surface area contributed by atoms with Crippen molar-refractivity contribution in [1.82, 2.24) is 15.2 Å². The molecule has 0 radical (unpaired) electrons. The third-order valence-electron chi connectivity index (χ3n) is 5.29. The first-order valence-electron chi connectivity index (χ1n) is 10.3. The first-order chi connectivity index (χ1) is 14.8. The van der Waals surface area contributed by atoms with Gasteiger partial charge in [-0.3, -0.25) is 20.4 Å². The zero-order valence-corrected chi connectivity index (χ0v) is 19.9. The number of nitrogens with one attached hydrogen (secondary N) is 2. The molecule has 0 atom stereocenters. The predicted molar refractivity (Wildman–Crippen MR) is 122 cm³/mol. The Hall–Kier alpha value is -1.94. The van der Waals surface area contributed by atoms with E-state index in [1.165, 1.54) is 50.7 Å². The van der Waals surface area contributed by atoms with Crippen molar-refractivity contribution in [2.45, 2.75) is 50.8 Å². The molecule has 2 N–H and O–H groups in total. The van der Waals surface area contributed by atoms with Crippen LogP contribution >= 0.6 is 22.9 Å². The Bertz CT molecular complexity index is 1050. The van der Waals surface area contributed by atoms with Crippen LogP contribution in [-0.2, 0) is 22.9 Å². The minimum Gasteiger partial charge on any atom is -0.267 e. The number of hydrazine groups is 1. The molecule has 1 heterocycles. The second-order valence-corrected chi connectivity index (χ2v) is 10.7. The largest absolute Gasteiger partial charge is 0.279 e. The van der Waals surface area contributed by atoms with Gasteiger partial charge in [0.1, 0.15) is 0 Å². The molecular weight excluding hydrogens is 458 g/mol. The van der Waals surface area contributed by atoms with Crippen molar-refractivity contribution < 1.29 is 18.0 Å². The van der Waals surface area contributed by atoms with Crippen LogP contribution in [0.4, 0.5) is 0 Å². The summed E-state index contributed by atoms with van der Waals surface area (Å²) in [7, 11) is -3.74. The van der Waals surface area contributed by atoms with Gasteiger partial charge in [0.05, 0.1) is 20.4 Å². The van der Waals surface area contributed by atoms with Crippen molar-refractivity contribution in [1.29, 1.82) is 0 Å². The van der Waals surface area contributed by atoms with E-state index in [4.69, 9.17) is 11.6 Å². The topological polar surface area (TPSA) is 95.6 Å². The SMILES string of the molecule is CCN(CC)S(=O)(=O)c1ccc(Cl)c(C(=O)NNC(=O)c2cc3c(s2)CCCCC3)c1. The molecule has 10 heteroatoms. The fourth-order valence-corrected chi connectivity index (χ4v) is 6.41. The van der Waals surface area contributed by atoms with Gasteiger partial charge in [0.25, 0.3) is 11.8 Å². The standard InChI is InChI=1S/C21H26ClN3O4S2/c1-3-25(4-2)31(28,29)15-10-11-17(22)16(13-15)20(26)23-24-21(27)19-12-14-8-6-5-7-9-18(14)30-19/h10-13H,3-9H2,1-2H3,(H,23,26)(H,24,27). The lowest BCUT2D eigenvalue weighted by Crippen LogP contribution is -2.41. The van der Waals surface area contributed by atoms with E-state index in [0.29, 0.717) is 18.0 Å². The number of carbonyl (C=O) groups is 2. The maximum absolute atomic E-state index is 12.7. The highest BCUT2D eigenvalue weighted by Crippen LogP contribution is 2.29. The van der Waals surface area contributed by atoms with Gasteiger partial charge in [0, 0.05) is 18.0 Å². The second kappa shape index (κ2) is 10.1. The molecule has 0 spiro atoms. The van der Waals surface area contributed by atoms with Gasteiger partial charge < -0.3 is 0 Å². The first-order valence-corrected chi connectivity index (χ1v) is 12.9.